The van der Waals surface area contributed by atoms with Gasteiger partial charge in [0.15, 0.2) is 12.0 Å². The molecule has 0 radical (unpaired) electrons. The van der Waals surface area contributed by atoms with Gasteiger partial charge in [0.05, 0.1) is 4.47 Å². The quantitative estimate of drug-likeness (QED) is 0.805. The van der Waals surface area contributed by atoms with E-state index in [0.717, 1.165) is 0 Å². The Balaban J connectivity index is 2.20. The summed E-state index contributed by atoms with van der Waals surface area (Å²) in [6, 6.07) is 7.28. The van der Waals surface area contributed by atoms with Gasteiger partial charge in [-0.05, 0) is 34.1 Å². The number of benzene rings is 1. The van der Waals surface area contributed by atoms with Gasteiger partial charge >= 0.3 is 0 Å². The van der Waals surface area contributed by atoms with Gasteiger partial charge in [-0.15, -0.1) is 0 Å². The summed E-state index contributed by atoms with van der Waals surface area (Å²) in [5.41, 5.74) is 0. The lowest BCUT2D eigenvalue weighted by Crippen LogP contribution is -1.84. The molecule has 0 aliphatic heterocycles. The second-order valence-electron chi connectivity index (χ2n) is 2.95. The predicted octanol–water partition coefficient (Wildman–Crippen LogP) is 3.79. The lowest BCUT2D eigenvalue weighted by molar-refractivity contribution is 0.109. The molecule has 16 heavy (non-hydrogen) atoms. The van der Waals surface area contributed by atoms with Gasteiger partial charge < -0.3 is 9.15 Å². The van der Waals surface area contributed by atoms with E-state index in [0.29, 0.717) is 16.5 Å². The van der Waals surface area contributed by atoms with Crippen LogP contribution in [0.5, 0.6) is 11.7 Å². The highest BCUT2D eigenvalue weighted by Gasteiger charge is 2.06. The molecule has 0 saturated heterocycles. The van der Waals surface area contributed by atoms with Crippen molar-refractivity contribution in [3.05, 3.63) is 46.4 Å². The minimum atomic E-state index is -0.431. The monoisotopic (exact) mass is 284 g/mol. The number of carbonyl (C=O) groups is 1. The first-order valence-corrected chi connectivity index (χ1v) is 5.16. The van der Waals surface area contributed by atoms with E-state index >= 15 is 0 Å². The number of halogens is 2. The van der Waals surface area contributed by atoms with Crippen LogP contribution in [0.15, 0.2) is 39.2 Å². The number of hydrogen-bond acceptors (Lipinski definition) is 3. The molecular formula is C11H6BrFO3. The summed E-state index contributed by atoms with van der Waals surface area (Å²) in [4.78, 5) is 10.4. The molecule has 0 fully saturated rings. The highest BCUT2D eigenvalue weighted by Crippen LogP contribution is 2.26. The zero-order valence-corrected chi connectivity index (χ0v) is 9.53. The van der Waals surface area contributed by atoms with Crippen molar-refractivity contribution in [3.63, 3.8) is 0 Å². The van der Waals surface area contributed by atoms with Crippen LogP contribution in [-0.2, 0) is 0 Å². The Labute approximate surface area is 99.0 Å². The van der Waals surface area contributed by atoms with Gasteiger partial charge in [0.25, 0.3) is 5.95 Å². The van der Waals surface area contributed by atoms with Crippen molar-refractivity contribution in [2.24, 2.45) is 0 Å². The van der Waals surface area contributed by atoms with Crippen LogP contribution in [0.25, 0.3) is 0 Å². The third kappa shape index (κ3) is 2.30. The van der Waals surface area contributed by atoms with Crippen LogP contribution in [-0.4, -0.2) is 6.29 Å². The Morgan fingerprint density at radius 2 is 2.12 bits per heavy atom. The molecule has 82 valence electrons. The molecule has 0 unspecified atom stereocenters. The fourth-order valence-electron chi connectivity index (χ4n) is 1.11. The SMILES string of the molecule is O=Cc1ccc(Oc2ccc(Br)c(F)c2)o1. The van der Waals surface area contributed by atoms with E-state index in [9.17, 15) is 9.18 Å². The maximum absolute atomic E-state index is 13.1. The molecule has 0 saturated carbocycles. The molecule has 0 aliphatic carbocycles. The van der Waals surface area contributed by atoms with Gasteiger partial charge in [-0.3, -0.25) is 4.79 Å². The van der Waals surface area contributed by atoms with Crippen molar-refractivity contribution < 1.29 is 18.3 Å². The highest BCUT2D eigenvalue weighted by atomic mass is 79.9. The molecule has 2 aromatic rings. The van der Waals surface area contributed by atoms with E-state index in [1.807, 2.05) is 0 Å². The van der Waals surface area contributed by atoms with E-state index < -0.39 is 5.82 Å². The Hall–Kier alpha value is -1.62. The minimum absolute atomic E-state index is 0.142. The van der Waals surface area contributed by atoms with E-state index in [-0.39, 0.29) is 11.7 Å². The van der Waals surface area contributed by atoms with Gasteiger partial charge in [-0.2, -0.15) is 0 Å². The Morgan fingerprint density at radius 1 is 1.31 bits per heavy atom. The summed E-state index contributed by atoms with van der Waals surface area (Å²) in [7, 11) is 0. The van der Waals surface area contributed by atoms with Crippen molar-refractivity contribution in [1.82, 2.24) is 0 Å². The summed E-state index contributed by atoms with van der Waals surface area (Å²) >= 11 is 3.03. The standard InChI is InChI=1S/C11H6BrFO3/c12-9-3-1-7(5-10(9)13)15-11-4-2-8(6-14)16-11/h1-6H. The molecule has 1 aromatic heterocycles. The second-order valence-corrected chi connectivity index (χ2v) is 3.81. The molecule has 0 atom stereocenters. The Kier molecular flexibility index (Phi) is 3.05. The van der Waals surface area contributed by atoms with Gasteiger partial charge in [0, 0.05) is 12.1 Å². The van der Waals surface area contributed by atoms with Gasteiger partial charge in [0.1, 0.15) is 11.6 Å². The molecule has 5 heteroatoms. The van der Waals surface area contributed by atoms with Gasteiger partial charge in [0.2, 0.25) is 0 Å². The molecule has 0 amide bonds. The van der Waals surface area contributed by atoms with Gasteiger partial charge in [-0.25, -0.2) is 4.39 Å². The number of ether oxygens (including phenoxy) is 1. The maximum Gasteiger partial charge on any atom is 0.290 e. The first-order valence-electron chi connectivity index (χ1n) is 4.37. The van der Waals surface area contributed by atoms with Crippen molar-refractivity contribution in [3.8, 4) is 11.7 Å². The van der Waals surface area contributed by atoms with E-state index in [4.69, 9.17) is 9.15 Å². The average Bonchev–Trinajstić information content (AvgIpc) is 2.71. The first-order chi connectivity index (χ1) is 7.69. The van der Waals surface area contributed by atoms with Crippen LogP contribution in [0.1, 0.15) is 10.6 Å². The lowest BCUT2D eigenvalue weighted by atomic mass is 10.3. The van der Waals surface area contributed by atoms with Crippen molar-refractivity contribution in [1.29, 1.82) is 0 Å². The van der Waals surface area contributed by atoms with Crippen LogP contribution in [0.2, 0.25) is 0 Å². The minimum Gasteiger partial charge on any atom is -0.426 e. The summed E-state index contributed by atoms with van der Waals surface area (Å²) < 4.78 is 23.7. The van der Waals surface area contributed by atoms with Crippen LogP contribution in [0, 0.1) is 5.82 Å². The van der Waals surface area contributed by atoms with Crippen molar-refractivity contribution >= 4 is 22.2 Å². The van der Waals surface area contributed by atoms with E-state index in [2.05, 4.69) is 15.9 Å². The average molecular weight is 285 g/mol. The fraction of sp³-hybridized carbons (Fsp3) is 0. The lowest BCUT2D eigenvalue weighted by Gasteiger charge is -2.02. The third-order valence-corrected chi connectivity index (χ3v) is 2.47. The molecule has 0 spiro atoms. The van der Waals surface area contributed by atoms with Crippen molar-refractivity contribution in [2.75, 3.05) is 0 Å². The normalized spacial score (nSPS) is 10.1. The van der Waals surface area contributed by atoms with E-state index in [1.165, 1.54) is 24.3 Å². The number of aldehydes is 1. The molecule has 0 bridgehead atoms. The molecule has 1 aromatic carbocycles. The van der Waals surface area contributed by atoms with Crippen LogP contribution in [0.4, 0.5) is 4.39 Å². The molecular weight excluding hydrogens is 279 g/mol. The summed E-state index contributed by atoms with van der Waals surface area (Å²) in [5, 5.41) is 0. The van der Waals surface area contributed by atoms with E-state index in [1.54, 1.807) is 6.07 Å². The van der Waals surface area contributed by atoms with Crippen LogP contribution < -0.4 is 4.74 Å². The third-order valence-electron chi connectivity index (χ3n) is 1.83. The molecule has 1 heterocycles. The van der Waals surface area contributed by atoms with Crippen LogP contribution in [0.3, 0.4) is 0 Å². The first kappa shape index (κ1) is 10.9. The number of hydrogen-bond donors (Lipinski definition) is 0. The zero-order valence-electron chi connectivity index (χ0n) is 7.94. The van der Waals surface area contributed by atoms with Crippen LogP contribution >= 0.6 is 15.9 Å². The molecule has 0 aliphatic rings. The Morgan fingerprint density at radius 3 is 2.75 bits per heavy atom. The Bertz CT molecular complexity index is 522. The predicted molar refractivity (Wildman–Crippen MR) is 58.3 cm³/mol. The number of furan rings is 1. The summed E-state index contributed by atoms with van der Waals surface area (Å²) in [6.45, 7) is 0. The summed E-state index contributed by atoms with van der Waals surface area (Å²) in [6.07, 6.45) is 0.565. The molecule has 2 rings (SSSR count). The highest BCUT2D eigenvalue weighted by molar-refractivity contribution is 9.10. The summed E-state index contributed by atoms with van der Waals surface area (Å²) in [5.74, 6) is 0.170. The van der Waals surface area contributed by atoms with Gasteiger partial charge in [-0.1, -0.05) is 0 Å². The largest absolute Gasteiger partial charge is 0.426 e. The number of rotatable bonds is 3. The molecule has 0 N–H and O–H groups in total. The topological polar surface area (TPSA) is 39.4 Å². The number of carbonyl (C=O) groups excluding carboxylic acids is 1. The molecule has 3 nitrogen and oxygen atoms in total. The smallest absolute Gasteiger partial charge is 0.290 e. The zero-order chi connectivity index (χ0) is 11.5. The van der Waals surface area contributed by atoms with Crippen molar-refractivity contribution in [2.45, 2.75) is 0 Å². The fourth-order valence-corrected chi connectivity index (χ4v) is 1.36. The second kappa shape index (κ2) is 4.49. The maximum atomic E-state index is 13.1.